The maximum atomic E-state index is 14.1. The first-order valence-electron chi connectivity index (χ1n) is 12.3. The van der Waals surface area contributed by atoms with Gasteiger partial charge in [-0.2, -0.15) is 0 Å². The van der Waals surface area contributed by atoms with E-state index in [4.69, 9.17) is 27.9 Å². The van der Waals surface area contributed by atoms with E-state index in [0.717, 1.165) is 0 Å². The number of aliphatic hydroxyl groups excluding tert-OH is 1. The van der Waals surface area contributed by atoms with Crippen LogP contribution in [0, 0.1) is 41.4 Å². The number of aliphatic hydroxyl groups is 2. The Morgan fingerprint density at radius 1 is 1.00 bits per heavy atom. The molecule has 0 bridgehead atoms. The Balaban J connectivity index is 2.20. The number of rotatable bonds is 1. The first-order valence-corrected chi connectivity index (χ1v) is 13.5. The summed E-state index contributed by atoms with van der Waals surface area (Å²) in [5.74, 6) is -7.07. The highest BCUT2D eigenvalue weighted by Gasteiger charge is 2.66. The molecule has 0 aliphatic heterocycles. The first-order chi connectivity index (χ1) is 16.6. The Bertz CT molecular complexity index is 993. The number of carbonyl (C=O) groups is 3. The fourth-order valence-corrected chi connectivity index (χ4v) is 6.97. The van der Waals surface area contributed by atoms with Gasteiger partial charge in [0, 0.05) is 25.4 Å². The van der Waals surface area contributed by atoms with E-state index in [1.54, 1.807) is 6.92 Å². The molecule has 36 heavy (non-hydrogen) atoms. The summed E-state index contributed by atoms with van der Waals surface area (Å²) in [4.78, 5) is 39.0. The number of halogens is 2. The van der Waals surface area contributed by atoms with Crippen molar-refractivity contribution in [2.24, 2.45) is 41.4 Å². The standard InChI is InChI=1S/C27H36Cl2O6S/c1-14-8-6-7-9-15(2)19-11-10-18-13-25(36,35-5)23(32)17(4)26(18,34)21(19)24(33)27(28,29)22(31)16(3)20(30)12-14/h6-11,14-19,21,23,32,34,36H,12-13H2,1-5H3/b8-6+,9-7-/t14-,15+,16+,17+,18+,19-,21-,23+,25-,26-/m0/s1. The molecular formula is C27H36Cl2O6S. The van der Waals surface area contributed by atoms with Crippen molar-refractivity contribution in [2.75, 3.05) is 7.11 Å². The third-order valence-corrected chi connectivity index (χ3v) is 9.82. The Hall–Kier alpha value is -0.960. The van der Waals surface area contributed by atoms with E-state index < -0.39 is 62.1 Å². The molecule has 200 valence electrons. The van der Waals surface area contributed by atoms with Gasteiger partial charge in [0.05, 0.1) is 23.5 Å². The molecular weight excluding hydrogens is 523 g/mol. The minimum absolute atomic E-state index is 0.0932. The number of Topliss-reactive ketones (excluding diaryl/α,β-unsaturated/α-hetero) is 3. The molecule has 0 saturated heterocycles. The van der Waals surface area contributed by atoms with Crippen molar-refractivity contribution in [1.82, 2.24) is 0 Å². The molecule has 2 N–H and O–H groups in total. The molecule has 0 spiro atoms. The molecule has 9 heteroatoms. The predicted octanol–water partition coefficient (Wildman–Crippen LogP) is 4.11. The minimum atomic E-state index is -2.56. The molecule has 6 nitrogen and oxygen atoms in total. The van der Waals surface area contributed by atoms with Gasteiger partial charge in [-0.15, -0.1) is 12.6 Å². The Morgan fingerprint density at radius 2 is 1.61 bits per heavy atom. The molecule has 3 aliphatic carbocycles. The lowest BCUT2D eigenvalue weighted by atomic mass is 9.53. The molecule has 1 saturated carbocycles. The fraction of sp³-hybridized carbons (Fsp3) is 0.667. The summed E-state index contributed by atoms with van der Waals surface area (Å²) in [6.07, 6.45) is 10.1. The number of hydrogen-bond donors (Lipinski definition) is 3. The molecule has 0 aromatic rings. The van der Waals surface area contributed by atoms with Crippen molar-refractivity contribution < 1.29 is 29.3 Å². The summed E-state index contributed by atoms with van der Waals surface area (Å²) >= 11 is 17.6. The number of hydrogen-bond acceptors (Lipinski definition) is 7. The minimum Gasteiger partial charge on any atom is -0.389 e. The number of fused-ring (bicyclic) bond motifs is 3. The summed E-state index contributed by atoms with van der Waals surface area (Å²) in [6, 6.07) is 0. The largest absolute Gasteiger partial charge is 0.389 e. The van der Waals surface area contributed by atoms with Crippen LogP contribution >= 0.6 is 35.8 Å². The van der Waals surface area contributed by atoms with Crippen LogP contribution in [0.3, 0.4) is 0 Å². The second-order valence-electron chi connectivity index (χ2n) is 10.7. The average Bonchev–Trinajstić information content (AvgIpc) is 2.83. The summed E-state index contributed by atoms with van der Waals surface area (Å²) in [7, 11) is 1.43. The second-order valence-corrected chi connectivity index (χ2v) is 12.8. The molecule has 0 aromatic carbocycles. The smallest absolute Gasteiger partial charge is 0.234 e. The summed E-state index contributed by atoms with van der Waals surface area (Å²) in [6.45, 7) is 6.79. The van der Waals surface area contributed by atoms with E-state index in [2.05, 4.69) is 12.6 Å². The second kappa shape index (κ2) is 10.7. The van der Waals surface area contributed by atoms with E-state index in [1.165, 1.54) is 14.0 Å². The van der Waals surface area contributed by atoms with Gasteiger partial charge >= 0.3 is 0 Å². The van der Waals surface area contributed by atoms with Crippen LogP contribution in [0.25, 0.3) is 0 Å². The Labute approximate surface area is 228 Å². The fourth-order valence-electron chi connectivity index (χ4n) is 5.98. The topological polar surface area (TPSA) is 101 Å². The maximum absolute atomic E-state index is 14.1. The van der Waals surface area contributed by atoms with Crippen LogP contribution in [0.2, 0.25) is 0 Å². The normalized spacial score (nSPS) is 47.4. The van der Waals surface area contributed by atoms with Gasteiger partial charge in [0.2, 0.25) is 4.33 Å². The highest BCUT2D eigenvalue weighted by Crippen LogP contribution is 2.56. The molecule has 3 aliphatic rings. The van der Waals surface area contributed by atoms with Gasteiger partial charge in [-0.3, -0.25) is 14.4 Å². The molecule has 1 fully saturated rings. The lowest BCUT2D eigenvalue weighted by Crippen LogP contribution is -2.69. The molecule has 0 amide bonds. The number of thiol groups is 1. The predicted molar refractivity (Wildman–Crippen MR) is 143 cm³/mol. The lowest BCUT2D eigenvalue weighted by molar-refractivity contribution is -0.214. The number of ether oxygens (including phenoxy) is 1. The van der Waals surface area contributed by atoms with Crippen LogP contribution < -0.4 is 0 Å². The number of ketones is 3. The number of methoxy groups -OCH3 is 1. The number of alkyl halides is 2. The first kappa shape index (κ1) is 29.6. The van der Waals surface area contributed by atoms with E-state index in [9.17, 15) is 24.6 Å². The number of carbonyl (C=O) groups excluding carboxylic acids is 3. The molecule has 10 atom stereocenters. The molecule has 3 rings (SSSR count). The van der Waals surface area contributed by atoms with Crippen LogP contribution in [0.5, 0.6) is 0 Å². The lowest BCUT2D eigenvalue weighted by Gasteiger charge is -2.58. The summed E-state index contributed by atoms with van der Waals surface area (Å²) < 4.78 is 2.93. The summed E-state index contributed by atoms with van der Waals surface area (Å²) in [5, 5.41) is 23.4. The third kappa shape index (κ3) is 4.92. The zero-order chi connectivity index (χ0) is 27.2. The van der Waals surface area contributed by atoms with Gasteiger partial charge in [0.25, 0.3) is 0 Å². The van der Waals surface area contributed by atoms with Crippen LogP contribution in [0.15, 0.2) is 36.5 Å². The molecule has 0 radical (unpaired) electrons. The van der Waals surface area contributed by atoms with E-state index in [0.29, 0.717) is 0 Å². The van der Waals surface area contributed by atoms with Crippen molar-refractivity contribution in [2.45, 2.75) is 61.5 Å². The third-order valence-electron chi connectivity index (χ3n) is 8.45. The highest BCUT2D eigenvalue weighted by atomic mass is 35.5. The van der Waals surface area contributed by atoms with Crippen LogP contribution in [0.4, 0.5) is 0 Å². The van der Waals surface area contributed by atoms with Gasteiger partial charge in [-0.05, 0) is 31.1 Å². The SMILES string of the molecule is CO[C@]1(S)C[C@H]2C=C[C@H]3[C@H](C)/C=C\C=C\[C@H](C)CC(=O)[C@@H](C)C(=O)C(Cl)(Cl)C(=O)[C@H]3[C@]2(O)[C@H](C)[C@H]1O. The van der Waals surface area contributed by atoms with Gasteiger partial charge in [-0.1, -0.05) is 80.4 Å². The maximum Gasteiger partial charge on any atom is 0.234 e. The van der Waals surface area contributed by atoms with E-state index in [1.807, 2.05) is 50.3 Å². The van der Waals surface area contributed by atoms with Crippen LogP contribution in [0.1, 0.15) is 40.5 Å². The van der Waals surface area contributed by atoms with Gasteiger partial charge in [-0.25, -0.2) is 0 Å². The zero-order valence-electron chi connectivity index (χ0n) is 21.2. The zero-order valence-corrected chi connectivity index (χ0v) is 23.6. The highest BCUT2D eigenvalue weighted by molar-refractivity contribution is 7.81. The average molecular weight is 560 g/mol. The monoisotopic (exact) mass is 558 g/mol. The molecule has 0 heterocycles. The Kier molecular flexibility index (Phi) is 8.76. The molecule has 0 aromatic heterocycles. The summed E-state index contributed by atoms with van der Waals surface area (Å²) in [5.41, 5.74) is -1.80. The van der Waals surface area contributed by atoms with Gasteiger partial charge in [0.15, 0.2) is 11.6 Å². The van der Waals surface area contributed by atoms with Crippen LogP contribution in [-0.4, -0.2) is 55.6 Å². The number of allylic oxidation sites excluding steroid dienone is 5. The van der Waals surface area contributed by atoms with Crippen molar-refractivity contribution in [3.8, 4) is 0 Å². The Morgan fingerprint density at radius 3 is 2.22 bits per heavy atom. The van der Waals surface area contributed by atoms with E-state index in [-0.39, 0.29) is 30.5 Å². The van der Waals surface area contributed by atoms with Crippen LogP contribution in [-0.2, 0) is 19.1 Å². The van der Waals surface area contributed by atoms with Gasteiger partial charge in [0.1, 0.15) is 10.7 Å². The van der Waals surface area contributed by atoms with Crippen molar-refractivity contribution in [3.05, 3.63) is 36.5 Å². The van der Waals surface area contributed by atoms with Crippen molar-refractivity contribution >= 4 is 53.2 Å². The van der Waals surface area contributed by atoms with Crippen molar-refractivity contribution in [3.63, 3.8) is 0 Å². The quantitative estimate of drug-likeness (QED) is 0.147. The van der Waals surface area contributed by atoms with Crippen molar-refractivity contribution in [1.29, 1.82) is 0 Å². The molecule has 0 unspecified atom stereocenters. The van der Waals surface area contributed by atoms with E-state index >= 15 is 0 Å². The van der Waals surface area contributed by atoms with Gasteiger partial charge < -0.3 is 14.9 Å².